The molecule has 0 radical (unpaired) electrons. The van der Waals surface area contributed by atoms with Gasteiger partial charge in [-0.05, 0) is 42.3 Å². The van der Waals surface area contributed by atoms with Crippen molar-refractivity contribution in [2.45, 2.75) is 13.0 Å². The van der Waals surface area contributed by atoms with Crippen LogP contribution < -0.4 is 21.1 Å². The lowest BCUT2D eigenvalue weighted by atomic mass is 10.1. The normalized spacial score (nSPS) is 12.7. The van der Waals surface area contributed by atoms with Gasteiger partial charge in [0.1, 0.15) is 5.75 Å². The van der Waals surface area contributed by atoms with Gasteiger partial charge in [0.15, 0.2) is 11.6 Å². The molecule has 2 aromatic carbocycles. The van der Waals surface area contributed by atoms with Gasteiger partial charge in [-0.15, -0.1) is 0 Å². The standard InChI is InChI=1S/C20H21FN6O2/c21-17-12-22-20(26-19(17)24-14-3-1-4-16(29)10-14)25-15-5-6-18-13(9-15)11-23-27(18)7-2-8-28/h1,3-6,9-10,12,23,28-29H,2,7-8,11H2,(H2,22,24,25,26). The van der Waals surface area contributed by atoms with Crippen LogP contribution in [-0.4, -0.2) is 33.3 Å². The Morgan fingerprint density at radius 2 is 2.00 bits per heavy atom. The molecule has 0 amide bonds. The first-order chi connectivity index (χ1) is 14.1. The molecule has 0 spiro atoms. The molecule has 1 aliphatic heterocycles. The van der Waals surface area contributed by atoms with E-state index in [2.05, 4.69) is 26.0 Å². The number of phenols is 1. The maximum absolute atomic E-state index is 14.1. The van der Waals surface area contributed by atoms with Gasteiger partial charge in [-0.1, -0.05) is 6.07 Å². The summed E-state index contributed by atoms with van der Waals surface area (Å²) in [4.78, 5) is 8.20. The van der Waals surface area contributed by atoms with Gasteiger partial charge in [0.05, 0.1) is 11.9 Å². The third-order valence-electron chi connectivity index (χ3n) is 4.48. The third-order valence-corrected chi connectivity index (χ3v) is 4.48. The predicted octanol–water partition coefficient (Wildman–Crippen LogP) is 3.02. The summed E-state index contributed by atoms with van der Waals surface area (Å²) in [6.07, 6.45) is 1.77. The van der Waals surface area contributed by atoms with E-state index in [9.17, 15) is 9.50 Å². The van der Waals surface area contributed by atoms with Crippen LogP contribution in [0.2, 0.25) is 0 Å². The molecule has 0 atom stereocenters. The molecule has 5 N–H and O–H groups in total. The van der Waals surface area contributed by atoms with Gasteiger partial charge < -0.3 is 25.9 Å². The first-order valence-electron chi connectivity index (χ1n) is 9.23. The fraction of sp³-hybridized carbons (Fsp3) is 0.200. The molecule has 9 heteroatoms. The number of nitrogens with zero attached hydrogens (tertiary/aromatic N) is 3. The zero-order valence-electron chi connectivity index (χ0n) is 15.6. The van der Waals surface area contributed by atoms with Crippen LogP contribution in [-0.2, 0) is 6.54 Å². The number of phenolic OH excluding ortho intramolecular Hbond substituents is 1. The molecule has 0 saturated carbocycles. The van der Waals surface area contributed by atoms with Gasteiger partial charge in [0.25, 0.3) is 0 Å². The quantitative estimate of drug-likeness (QED) is 0.415. The van der Waals surface area contributed by atoms with Crippen molar-refractivity contribution in [3.05, 3.63) is 60.0 Å². The van der Waals surface area contributed by atoms with E-state index in [0.29, 0.717) is 18.7 Å². The van der Waals surface area contributed by atoms with Crippen LogP contribution in [0.1, 0.15) is 12.0 Å². The van der Waals surface area contributed by atoms with Gasteiger partial charge in [0.2, 0.25) is 5.95 Å². The smallest absolute Gasteiger partial charge is 0.229 e. The summed E-state index contributed by atoms with van der Waals surface area (Å²) in [6, 6.07) is 12.2. The highest BCUT2D eigenvalue weighted by atomic mass is 19.1. The van der Waals surface area contributed by atoms with Crippen molar-refractivity contribution in [1.29, 1.82) is 0 Å². The highest BCUT2D eigenvalue weighted by molar-refractivity contribution is 5.66. The first-order valence-corrected chi connectivity index (χ1v) is 9.23. The molecule has 2 heterocycles. The van der Waals surface area contributed by atoms with E-state index in [0.717, 1.165) is 29.7 Å². The van der Waals surface area contributed by atoms with Crippen LogP contribution in [0.5, 0.6) is 5.75 Å². The van der Waals surface area contributed by atoms with Crippen molar-refractivity contribution in [2.24, 2.45) is 0 Å². The van der Waals surface area contributed by atoms with Crippen molar-refractivity contribution in [3.63, 3.8) is 0 Å². The number of hydrogen-bond acceptors (Lipinski definition) is 8. The maximum Gasteiger partial charge on any atom is 0.229 e. The number of hydrogen-bond donors (Lipinski definition) is 5. The molecule has 1 aliphatic rings. The zero-order chi connectivity index (χ0) is 20.2. The van der Waals surface area contributed by atoms with Crippen molar-refractivity contribution in [2.75, 3.05) is 28.8 Å². The Bertz CT molecular complexity index is 1020. The van der Waals surface area contributed by atoms with Crippen molar-refractivity contribution < 1.29 is 14.6 Å². The minimum atomic E-state index is -0.600. The van der Waals surface area contributed by atoms with E-state index in [1.807, 2.05) is 23.2 Å². The van der Waals surface area contributed by atoms with Gasteiger partial charge in [-0.2, -0.15) is 4.98 Å². The number of nitrogens with one attached hydrogen (secondary N) is 3. The molecule has 0 fully saturated rings. The van der Waals surface area contributed by atoms with Crippen LogP contribution in [0.25, 0.3) is 0 Å². The Morgan fingerprint density at radius 3 is 2.83 bits per heavy atom. The van der Waals surface area contributed by atoms with Crippen molar-refractivity contribution in [3.8, 4) is 5.75 Å². The van der Waals surface area contributed by atoms with E-state index in [1.54, 1.807) is 12.1 Å². The van der Waals surface area contributed by atoms with Crippen LogP contribution in [0, 0.1) is 5.82 Å². The van der Waals surface area contributed by atoms with Gasteiger partial charge in [0, 0.05) is 37.1 Å². The fourth-order valence-corrected chi connectivity index (χ4v) is 3.13. The molecule has 29 heavy (non-hydrogen) atoms. The topological polar surface area (TPSA) is 106 Å². The molecule has 0 bridgehead atoms. The number of benzene rings is 2. The van der Waals surface area contributed by atoms with E-state index < -0.39 is 5.82 Å². The van der Waals surface area contributed by atoms with Crippen molar-refractivity contribution >= 4 is 28.8 Å². The van der Waals surface area contributed by atoms with Gasteiger partial charge in [-0.25, -0.2) is 14.8 Å². The summed E-state index contributed by atoms with van der Waals surface area (Å²) in [5.74, 6) is -0.276. The lowest BCUT2D eigenvalue weighted by Crippen LogP contribution is -2.33. The number of anilines is 5. The largest absolute Gasteiger partial charge is 0.508 e. The molecule has 1 aromatic heterocycles. The summed E-state index contributed by atoms with van der Waals surface area (Å²) in [6.45, 7) is 1.56. The minimum Gasteiger partial charge on any atom is -0.508 e. The number of aromatic hydroxyl groups is 1. The number of fused-ring (bicyclic) bond motifs is 1. The molecule has 0 aliphatic carbocycles. The number of rotatable bonds is 7. The Hall–Kier alpha value is -3.43. The van der Waals surface area contributed by atoms with Gasteiger partial charge in [-0.3, -0.25) is 0 Å². The average molecular weight is 396 g/mol. The van der Waals surface area contributed by atoms with E-state index in [-0.39, 0.29) is 24.1 Å². The Labute approximate surface area is 167 Å². The first kappa shape index (κ1) is 18.9. The van der Waals surface area contributed by atoms with Crippen molar-refractivity contribution in [1.82, 2.24) is 15.4 Å². The Kier molecular flexibility index (Phi) is 5.41. The van der Waals surface area contributed by atoms with Crippen LogP contribution in [0.3, 0.4) is 0 Å². The lowest BCUT2D eigenvalue weighted by molar-refractivity contribution is 0.288. The fourth-order valence-electron chi connectivity index (χ4n) is 3.13. The highest BCUT2D eigenvalue weighted by Crippen LogP contribution is 2.29. The van der Waals surface area contributed by atoms with E-state index in [4.69, 9.17) is 5.11 Å². The van der Waals surface area contributed by atoms with Gasteiger partial charge >= 0.3 is 0 Å². The molecule has 150 valence electrons. The molecule has 8 nitrogen and oxygen atoms in total. The molecule has 0 unspecified atom stereocenters. The molecule has 3 aromatic rings. The molecule has 4 rings (SSSR count). The van der Waals surface area contributed by atoms with E-state index >= 15 is 0 Å². The van der Waals surface area contributed by atoms with E-state index in [1.165, 1.54) is 12.1 Å². The summed E-state index contributed by atoms with van der Waals surface area (Å²) in [5, 5.41) is 26.5. The molecular weight excluding hydrogens is 375 g/mol. The lowest BCUT2D eigenvalue weighted by Gasteiger charge is -2.18. The summed E-state index contributed by atoms with van der Waals surface area (Å²) in [7, 11) is 0. The Morgan fingerprint density at radius 1 is 1.14 bits per heavy atom. The van der Waals surface area contributed by atoms with Crippen LogP contribution in [0.15, 0.2) is 48.7 Å². The highest BCUT2D eigenvalue weighted by Gasteiger charge is 2.18. The van der Waals surface area contributed by atoms with Crippen LogP contribution in [0.4, 0.5) is 33.2 Å². The molecule has 0 saturated heterocycles. The second-order valence-corrected chi connectivity index (χ2v) is 6.60. The minimum absolute atomic E-state index is 0.00565. The summed E-state index contributed by atoms with van der Waals surface area (Å²) >= 11 is 0. The number of halogens is 1. The second-order valence-electron chi connectivity index (χ2n) is 6.60. The number of aliphatic hydroxyl groups is 1. The second kappa shape index (κ2) is 8.29. The maximum atomic E-state index is 14.1. The Balaban J connectivity index is 1.50. The number of hydrazine groups is 1. The average Bonchev–Trinajstić information content (AvgIpc) is 3.11. The zero-order valence-corrected chi connectivity index (χ0v) is 15.6. The SMILES string of the molecule is OCCCN1NCc2cc(Nc3ncc(F)c(Nc4cccc(O)c4)n3)ccc21. The predicted molar refractivity (Wildman–Crippen MR) is 109 cm³/mol. The monoisotopic (exact) mass is 396 g/mol. The molecular formula is C20H21FN6O2. The number of aromatic nitrogens is 2. The summed E-state index contributed by atoms with van der Waals surface area (Å²) in [5.41, 5.74) is 6.75. The third kappa shape index (κ3) is 4.36. The number of aliphatic hydroxyl groups excluding tert-OH is 1. The van der Waals surface area contributed by atoms with Crippen LogP contribution >= 0.6 is 0 Å². The summed E-state index contributed by atoms with van der Waals surface area (Å²) < 4.78 is 14.1.